The van der Waals surface area contributed by atoms with Crippen molar-refractivity contribution in [1.29, 1.82) is 0 Å². The Labute approximate surface area is 80.7 Å². The van der Waals surface area contributed by atoms with Crippen molar-refractivity contribution in [3.8, 4) is 0 Å². The van der Waals surface area contributed by atoms with E-state index in [0.717, 1.165) is 25.7 Å². The zero-order chi connectivity index (χ0) is 9.94. The van der Waals surface area contributed by atoms with Gasteiger partial charge >= 0.3 is 0 Å². The van der Waals surface area contributed by atoms with E-state index in [2.05, 4.69) is 18.3 Å². The van der Waals surface area contributed by atoms with E-state index in [-0.39, 0.29) is 0 Å². The molecule has 0 spiro atoms. The minimum Gasteiger partial charge on any atom is -0.319 e. The van der Waals surface area contributed by atoms with E-state index in [1.807, 2.05) is 19.2 Å². The first-order valence-electron chi connectivity index (χ1n) is 4.78. The maximum atomic E-state index is 10.0. The van der Waals surface area contributed by atoms with Gasteiger partial charge in [-0.1, -0.05) is 30.7 Å². The van der Waals surface area contributed by atoms with Crippen LogP contribution in [0.2, 0.25) is 0 Å². The molecule has 1 N–H and O–H groups in total. The van der Waals surface area contributed by atoms with Crippen LogP contribution in [0, 0.1) is 0 Å². The molecule has 0 radical (unpaired) electrons. The van der Waals surface area contributed by atoms with Gasteiger partial charge in [0, 0.05) is 6.42 Å². The Morgan fingerprint density at radius 1 is 1.46 bits per heavy atom. The highest BCUT2D eigenvalue weighted by molar-refractivity contribution is 5.52. The number of hydrogen-bond donors (Lipinski definition) is 1. The van der Waals surface area contributed by atoms with Gasteiger partial charge in [-0.15, -0.1) is 0 Å². The number of hydrogen-bond acceptors (Lipinski definition) is 2. The van der Waals surface area contributed by atoms with Crippen LogP contribution in [-0.2, 0) is 4.79 Å². The van der Waals surface area contributed by atoms with E-state index >= 15 is 0 Å². The zero-order valence-electron chi connectivity index (χ0n) is 8.55. The Hall–Kier alpha value is -0.890. The lowest BCUT2D eigenvalue weighted by molar-refractivity contribution is -0.107. The summed E-state index contributed by atoms with van der Waals surface area (Å²) >= 11 is 0. The molecule has 0 fully saturated rings. The summed E-state index contributed by atoms with van der Waals surface area (Å²) < 4.78 is 0. The fraction of sp³-hybridized carbons (Fsp3) is 0.545. The number of nitrogens with one attached hydrogen (secondary N) is 1. The van der Waals surface area contributed by atoms with Crippen molar-refractivity contribution in [3.05, 3.63) is 23.8 Å². The second-order valence-electron chi connectivity index (χ2n) is 2.86. The first-order valence-corrected chi connectivity index (χ1v) is 4.78. The first-order chi connectivity index (χ1) is 6.35. The predicted molar refractivity (Wildman–Crippen MR) is 56.7 cm³/mol. The Morgan fingerprint density at radius 3 is 2.77 bits per heavy atom. The van der Waals surface area contributed by atoms with E-state index in [4.69, 9.17) is 0 Å². The minimum absolute atomic E-state index is 0.513. The van der Waals surface area contributed by atoms with Crippen LogP contribution in [0.5, 0.6) is 0 Å². The lowest BCUT2D eigenvalue weighted by Crippen LogP contribution is -2.07. The molecule has 0 aromatic heterocycles. The summed E-state index contributed by atoms with van der Waals surface area (Å²) in [6, 6.07) is 0. The van der Waals surface area contributed by atoms with Crippen molar-refractivity contribution in [2.45, 2.75) is 26.2 Å². The molecule has 0 amide bonds. The van der Waals surface area contributed by atoms with Crippen LogP contribution in [0.25, 0.3) is 0 Å². The lowest BCUT2D eigenvalue weighted by Gasteiger charge is -2.01. The quantitative estimate of drug-likeness (QED) is 0.481. The summed E-state index contributed by atoms with van der Waals surface area (Å²) in [6.45, 7) is 3.16. The minimum atomic E-state index is 0.513. The summed E-state index contributed by atoms with van der Waals surface area (Å²) in [6.07, 6.45) is 9.51. The van der Waals surface area contributed by atoms with Crippen molar-refractivity contribution in [3.63, 3.8) is 0 Å². The third-order valence-electron chi connectivity index (χ3n) is 1.85. The highest BCUT2D eigenvalue weighted by atomic mass is 16.1. The van der Waals surface area contributed by atoms with Crippen LogP contribution in [0.1, 0.15) is 26.2 Å². The highest BCUT2D eigenvalue weighted by Gasteiger charge is 1.90. The van der Waals surface area contributed by atoms with Crippen LogP contribution >= 0.6 is 0 Å². The van der Waals surface area contributed by atoms with E-state index in [1.54, 1.807) is 0 Å². The number of carbonyl (C=O) groups excluding carboxylic acids is 1. The van der Waals surface area contributed by atoms with Crippen molar-refractivity contribution in [2.24, 2.45) is 0 Å². The molecule has 74 valence electrons. The molecule has 0 saturated heterocycles. The van der Waals surface area contributed by atoms with Crippen molar-refractivity contribution in [1.82, 2.24) is 5.32 Å². The molecule has 0 aliphatic heterocycles. The first kappa shape index (κ1) is 12.1. The molecule has 0 unspecified atom stereocenters. The van der Waals surface area contributed by atoms with E-state index < -0.39 is 0 Å². The van der Waals surface area contributed by atoms with Crippen molar-refractivity contribution >= 4 is 6.29 Å². The molecule has 0 aromatic carbocycles. The average molecular weight is 181 g/mol. The Kier molecular flexibility index (Phi) is 8.57. The maximum Gasteiger partial charge on any atom is 0.123 e. The standard InChI is InChI=1S/C11H19NO/c1-3-11(8-9-12-2)7-5-4-6-10-13/h4-5,7,10,12H,3,6,8-9H2,1-2H3/b5-4-,11-7+. The smallest absolute Gasteiger partial charge is 0.123 e. The van der Waals surface area contributed by atoms with Gasteiger partial charge in [0.05, 0.1) is 0 Å². The van der Waals surface area contributed by atoms with Crippen molar-refractivity contribution < 1.29 is 4.79 Å². The number of allylic oxidation sites excluding steroid dienone is 3. The van der Waals surface area contributed by atoms with Crippen LogP contribution in [0.3, 0.4) is 0 Å². The Balaban J connectivity index is 3.83. The van der Waals surface area contributed by atoms with Gasteiger partial charge in [-0.3, -0.25) is 0 Å². The monoisotopic (exact) mass is 181 g/mol. The van der Waals surface area contributed by atoms with Gasteiger partial charge in [0.15, 0.2) is 0 Å². The predicted octanol–water partition coefficient (Wildman–Crippen LogP) is 2.08. The molecule has 13 heavy (non-hydrogen) atoms. The van der Waals surface area contributed by atoms with Crippen molar-refractivity contribution in [2.75, 3.05) is 13.6 Å². The largest absolute Gasteiger partial charge is 0.319 e. The summed E-state index contributed by atoms with van der Waals surface area (Å²) in [4.78, 5) is 10.0. The molecule has 0 aromatic rings. The highest BCUT2D eigenvalue weighted by Crippen LogP contribution is 2.05. The van der Waals surface area contributed by atoms with Gasteiger partial charge in [0.25, 0.3) is 0 Å². The molecule has 0 saturated carbocycles. The fourth-order valence-corrected chi connectivity index (χ4v) is 1.00. The Bertz CT molecular complexity index is 183. The zero-order valence-corrected chi connectivity index (χ0v) is 8.55. The normalized spacial score (nSPS) is 12.3. The molecule has 0 aliphatic rings. The van der Waals surface area contributed by atoms with Gasteiger partial charge in [-0.2, -0.15) is 0 Å². The topological polar surface area (TPSA) is 29.1 Å². The second-order valence-corrected chi connectivity index (χ2v) is 2.86. The molecule has 0 rings (SSSR count). The number of carbonyl (C=O) groups is 1. The average Bonchev–Trinajstić information content (AvgIpc) is 2.17. The molecule has 0 atom stereocenters. The van der Waals surface area contributed by atoms with E-state index in [9.17, 15) is 4.79 Å². The number of rotatable bonds is 7. The SMILES string of the molecule is CC/C(=C\C=C/CC=O)CCNC. The molecule has 2 nitrogen and oxygen atoms in total. The fourth-order valence-electron chi connectivity index (χ4n) is 1.00. The van der Waals surface area contributed by atoms with Crippen LogP contribution in [-0.4, -0.2) is 19.9 Å². The third kappa shape index (κ3) is 7.47. The van der Waals surface area contributed by atoms with Gasteiger partial charge in [0.2, 0.25) is 0 Å². The second kappa shape index (κ2) is 9.20. The number of aldehydes is 1. The van der Waals surface area contributed by atoms with Gasteiger partial charge < -0.3 is 10.1 Å². The van der Waals surface area contributed by atoms with Gasteiger partial charge in [0.1, 0.15) is 6.29 Å². The van der Waals surface area contributed by atoms with Gasteiger partial charge in [-0.25, -0.2) is 0 Å². The Morgan fingerprint density at radius 2 is 2.23 bits per heavy atom. The summed E-state index contributed by atoms with van der Waals surface area (Å²) in [5, 5.41) is 3.11. The molecular formula is C11H19NO. The maximum absolute atomic E-state index is 10.0. The summed E-state index contributed by atoms with van der Waals surface area (Å²) in [5.74, 6) is 0. The molecule has 0 heterocycles. The third-order valence-corrected chi connectivity index (χ3v) is 1.85. The van der Waals surface area contributed by atoms with Crippen LogP contribution in [0.4, 0.5) is 0 Å². The molecule has 0 aliphatic carbocycles. The van der Waals surface area contributed by atoms with Gasteiger partial charge in [-0.05, 0) is 26.4 Å². The molecule has 0 bridgehead atoms. The van der Waals surface area contributed by atoms with E-state index in [1.165, 1.54) is 5.57 Å². The van der Waals surface area contributed by atoms with Crippen LogP contribution < -0.4 is 5.32 Å². The van der Waals surface area contributed by atoms with E-state index in [0.29, 0.717) is 6.42 Å². The summed E-state index contributed by atoms with van der Waals surface area (Å²) in [7, 11) is 1.95. The summed E-state index contributed by atoms with van der Waals surface area (Å²) in [5.41, 5.74) is 1.41. The molecule has 2 heteroatoms. The van der Waals surface area contributed by atoms with Crippen LogP contribution in [0.15, 0.2) is 23.8 Å². The molecular weight excluding hydrogens is 162 g/mol. The lowest BCUT2D eigenvalue weighted by atomic mass is 10.1.